The van der Waals surface area contributed by atoms with Crippen molar-refractivity contribution in [2.45, 2.75) is 45.7 Å². The maximum Gasteiger partial charge on any atom is 0.234 e. The van der Waals surface area contributed by atoms with Gasteiger partial charge in [0.05, 0.1) is 13.1 Å². The summed E-state index contributed by atoms with van der Waals surface area (Å²) in [6.07, 6.45) is 2.16. The molecule has 0 heterocycles. The molecule has 98 valence electrons. The minimum Gasteiger partial charge on any atom is -0.352 e. The van der Waals surface area contributed by atoms with Gasteiger partial charge in [-0.25, -0.2) is 0 Å². The fourth-order valence-corrected chi connectivity index (χ4v) is 1.27. The standard InChI is InChI=1S/C12H23N3O2/c1-8(2)9(3)14-11(16)6-13-7-12(17)15-10-4-5-10/h8-10,13H,4-7H2,1-3H3,(H,14,16)(H,15,17). The Morgan fingerprint density at radius 2 is 1.71 bits per heavy atom. The molecular formula is C12H23N3O2. The number of rotatable bonds is 7. The van der Waals surface area contributed by atoms with Crippen LogP contribution in [-0.2, 0) is 9.59 Å². The number of hydrogen-bond acceptors (Lipinski definition) is 3. The molecular weight excluding hydrogens is 218 g/mol. The van der Waals surface area contributed by atoms with E-state index in [1.165, 1.54) is 0 Å². The van der Waals surface area contributed by atoms with Crippen LogP contribution in [0.3, 0.4) is 0 Å². The van der Waals surface area contributed by atoms with Gasteiger partial charge < -0.3 is 10.6 Å². The largest absolute Gasteiger partial charge is 0.352 e. The Kier molecular flexibility index (Phi) is 5.41. The minimum absolute atomic E-state index is 0.0304. The van der Waals surface area contributed by atoms with E-state index in [0.717, 1.165) is 12.8 Å². The van der Waals surface area contributed by atoms with E-state index in [0.29, 0.717) is 12.0 Å². The quantitative estimate of drug-likeness (QED) is 0.588. The number of carbonyl (C=O) groups is 2. The molecule has 3 N–H and O–H groups in total. The molecule has 2 amide bonds. The lowest BCUT2D eigenvalue weighted by atomic mass is 10.1. The van der Waals surface area contributed by atoms with Crippen molar-refractivity contribution >= 4 is 11.8 Å². The molecule has 17 heavy (non-hydrogen) atoms. The van der Waals surface area contributed by atoms with Gasteiger partial charge in [-0.2, -0.15) is 0 Å². The van der Waals surface area contributed by atoms with E-state index in [9.17, 15) is 9.59 Å². The molecule has 0 spiro atoms. The summed E-state index contributed by atoms with van der Waals surface area (Å²) in [6.45, 7) is 6.49. The Balaban J connectivity index is 2.04. The van der Waals surface area contributed by atoms with E-state index in [-0.39, 0.29) is 30.9 Å². The van der Waals surface area contributed by atoms with Gasteiger partial charge in [0, 0.05) is 12.1 Å². The zero-order valence-electron chi connectivity index (χ0n) is 10.9. The maximum absolute atomic E-state index is 11.5. The molecule has 1 fully saturated rings. The lowest BCUT2D eigenvalue weighted by Crippen LogP contribution is -2.43. The van der Waals surface area contributed by atoms with E-state index in [1.807, 2.05) is 6.92 Å². The molecule has 5 heteroatoms. The minimum atomic E-state index is -0.0644. The van der Waals surface area contributed by atoms with E-state index in [1.54, 1.807) is 0 Å². The normalized spacial score (nSPS) is 16.7. The molecule has 0 aromatic rings. The van der Waals surface area contributed by atoms with Crippen molar-refractivity contribution in [3.63, 3.8) is 0 Å². The predicted octanol–water partition coefficient (Wildman–Crippen LogP) is 0.0153. The van der Waals surface area contributed by atoms with Gasteiger partial charge in [-0.15, -0.1) is 0 Å². The van der Waals surface area contributed by atoms with Crippen LogP contribution >= 0.6 is 0 Å². The second-order valence-corrected chi connectivity index (χ2v) is 5.05. The molecule has 5 nitrogen and oxygen atoms in total. The van der Waals surface area contributed by atoms with Gasteiger partial charge in [0.2, 0.25) is 11.8 Å². The fourth-order valence-electron chi connectivity index (χ4n) is 1.27. The molecule has 0 saturated heterocycles. The summed E-state index contributed by atoms with van der Waals surface area (Å²) in [7, 11) is 0. The van der Waals surface area contributed by atoms with Gasteiger partial charge in [0.15, 0.2) is 0 Å². The number of carbonyl (C=O) groups excluding carboxylic acids is 2. The Hall–Kier alpha value is -1.10. The van der Waals surface area contributed by atoms with Crippen molar-refractivity contribution in [3.8, 4) is 0 Å². The first-order valence-electron chi connectivity index (χ1n) is 6.28. The zero-order valence-corrected chi connectivity index (χ0v) is 10.9. The summed E-state index contributed by atoms with van der Waals surface area (Å²) in [6, 6.07) is 0.531. The first-order valence-corrected chi connectivity index (χ1v) is 6.28. The van der Waals surface area contributed by atoms with Crippen molar-refractivity contribution in [1.29, 1.82) is 0 Å². The highest BCUT2D eigenvalue weighted by Gasteiger charge is 2.22. The average Bonchev–Trinajstić information content (AvgIpc) is 3.01. The molecule has 1 unspecified atom stereocenters. The van der Waals surface area contributed by atoms with Gasteiger partial charge >= 0.3 is 0 Å². The SMILES string of the molecule is CC(C)C(C)NC(=O)CNCC(=O)NC1CC1. The first kappa shape index (κ1) is 14.0. The molecule has 1 aliphatic carbocycles. The van der Waals surface area contributed by atoms with Crippen molar-refractivity contribution in [2.24, 2.45) is 5.92 Å². The molecule has 0 aliphatic heterocycles. The van der Waals surface area contributed by atoms with Crippen molar-refractivity contribution in [1.82, 2.24) is 16.0 Å². The topological polar surface area (TPSA) is 70.2 Å². The second kappa shape index (κ2) is 6.59. The van der Waals surface area contributed by atoms with Crippen LogP contribution in [0, 0.1) is 5.92 Å². The summed E-state index contributed by atoms with van der Waals surface area (Å²) >= 11 is 0. The lowest BCUT2D eigenvalue weighted by molar-refractivity contribution is -0.121. The third-order valence-corrected chi connectivity index (χ3v) is 2.90. The smallest absolute Gasteiger partial charge is 0.234 e. The second-order valence-electron chi connectivity index (χ2n) is 5.05. The zero-order chi connectivity index (χ0) is 12.8. The predicted molar refractivity (Wildman–Crippen MR) is 66.5 cm³/mol. The van der Waals surface area contributed by atoms with Gasteiger partial charge in [-0.3, -0.25) is 14.9 Å². The van der Waals surface area contributed by atoms with Crippen LogP contribution in [0.1, 0.15) is 33.6 Å². The molecule has 1 saturated carbocycles. The number of nitrogens with one attached hydrogen (secondary N) is 3. The highest BCUT2D eigenvalue weighted by atomic mass is 16.2. The molecule has 0 aromatic heterocycles. The number of amides is 2. The van der Waals surface area contributed by atoms with Crippen LogP contribution in [0.4, 0.5) is 0 Å². The molecule has 0 aromatic carbocycles. The van der Waals surface area contributed by atoms with Crippen LogP contribution in [0.5, 0.6) is 0 Å². The lowest BCUT2D eigenvalue weighted by Gasteiger charge is -2.17. The van der Waals surface area contributed by atoms with E-state index >= 15 is 0 Å². The third-order valence-electron chi connectivity index (χ3n) is 2.90. The molecule has 1 aliphatic rings. The average molecular weight is 241 g/mol. The van der Waals surface area contributed by atoms with Crippen LogP contribution in [-0.4, -0.2) is 37.0 Å². The Morgan fingerprint density at radius 1 is 1.12 bits per heavy atom. The van der Waals surface area contributed by atoms with E-state index in [2.05, 4.69) is 29.8 Å². The third kappa shape index (κ3) is 6.26. The van der Waals surface area contributed by atoms with Crippen LogP contribution < -0.4 is 16.0 Å². The Labute approximate surface area is 103 Å². The Bertz CT molecular complexity index is 275. The summed E-state index contributed by atoms with van der Waals surface area (Å²) in [4.78, 5) is 22.8. The van der Waals surface area contributed by atoms with Gasteiger partial charge in [0.1, 0.15) is 0 Å². The summed E-state index contributed by atoms with van der Waals surface area (Å²) in [5.74, 6) is 0.319. The molecule has 1 atom stereocenters. The van der Waals surface area contributed by atoms with Crippen molar-refractivity contribution < 1.29 is 9.59 Å². The van der Waals surface area contributed by atoms with Crippen LogP contribution in [0.15, 0.2) is 0 Å². The monoisotopic (exact) mass is 241 g/mol. The fraction of sp³-hybridized carbons (Fsp3) is 0.833. The van der Waals surface area contributed by atoms with Gasteiger partial charge in [-0.05, 0) is 25.7 Å². The highest BCUT2D eigenvalue weighted by Crippen LogP contribution is 2.18. The molecule has 0 radical (unpaired) electrons. The number of hydrogen-bond donors (Lipinski definition) is 3. The van der Waals surface area contributed by atoms with Crippen molar-refractivity contribution in [3.05, 3.63) is 0 Å². The van der Waals surface area contributed by atoms with Gasteiger partial charge in [-0.1, -0.05) is 13.8 Å². The summed E-state index contributed by atoms with van der Waals surface area (Å²) in [5, 5.41) is 8.56. The van der Waals surface area contributed by atoms with E-state index in [4.69, 9.17) is 0 Å². The molecule has 0 bridgehead atoms. The Morgan fingerprint density at radius 3 is 2.24 bits per heavy atom. The van der Waals surface area contributed by atoms with E-state index < -0.39 is 0 Å². The van der Waals surface area contributed by atoms with Crippen LogP contribution in [0.2, 0.25) is 0 Å². The highest BCUT2D eigenvalue weighted by molar-refractivity contribution is 5.81. The summed E-state index contributed by atoms with van der Waals surface area (Å²) in [5.41, 5.74) is 0. The maximum atomic E-state index is 11.5. The molecule has 1 rings (SSSR count). The first-order chi connectivity index (χ1) is 7.99. The summed E-state index contributed by atoms with van der Waals surface area (Å²) < 4.78 is 0. The van der Waals surface area contributed by atoms with Crippen molar-refractivity contribution in [2.75, 3.05) is 13.1 Å². The van der Waals surface area contributed by atoms with Crippen LogP contribution in [0.25, 0.3) is 0 Å². The van der Waals surface area contributed by atoms with Gasteiger partial charge in [0.25, 0.3) is 0 Å².